The van der Waals surface area contributed by atoms with Crippen LogP contribution in [0.2, 0.25) is 5.02 Å². The normalized spacial score (nSPS) is 13.2. The minimum absolute atomic E-state index is 0.115. The summed E-state index contributed by atoms with van der Waals surface area (Å²) in [6, 6.07) is -0.782. The molecule has 18 heavy (non-hydrogen) atoms. The Kier molecular flexibility index (Phi) is 3.95. The number of ether oxygens (including phenoxy) is 1. The van der Waals surface area contributed by atoms with Crippen LogP contribution in [0, 0.1) is 10.1 Å². The van der Waals surface area contributed by atoms with Crippen molar-refractivity contribution in [3.63, 3.8) is 0 Å². The van der Waals surface area contributed by atoms with Crippen molar-refractivity contribution in [3.8, 4) is 0 Å². The van der Waals surface area contributed by atoms with E-state index in [1.165, 1.54) is 13.1 Å². The predicted octanol–water partition coefficient (Wildman–Crippen LogP) is 2.35. The Balaban J connectivity index is 2.91. The highest BCUT2D eigenvalue weighted by Crippen LogP contribution is 2.24. The molecule has 1 unspecified atom stereocenters. The van der Waals surface area contributed by atoms with E-state index in [2.05, 4.69) is 5.10 Å². The van der Waals surface area contributed by atoms with Crippen molar-refractivity contribution in [1.82, 2.24) is 9.78 Å². The third-order valence-corrected chi connectivity index (χ3v) is 2.25. The fourth-order valence-electron chi connectivity index (χ4n) is 1.18. The van der Waals surface area contributed by atoms with Gasteiger partial charge in [0.2, 0.25) is 0 Å². The van der Waals surface area contributed by atoms with Crippen LogP contribution in [0.4, 0.5) is 5.82 Å². The summed E-state index contributed by atoms with van der Waals surface area (Å²) in [7, 11) is 0. The van der Waals surface area contributed by atoms with E-state index >= 15 is 0 Å². The highest BCUT2D eigenvalue weighted by molar-refractivity contribution is 6.32. The number of rotatable bonds is 3. The lowest BCUT2D eigenvalue weighted by molar-refractivity contribution is -0.389. The summed E-state index contributed by atoms with van der Waals surface area (Å²) in [6.07, 6.45) is 1.23. The maximum atomic E-state index is 11.8. The average molecular weight is 276 g/mol. The number of nitro groups is 1. The lowest BCUT2D eigenvalue weighted by atomic mass is 10.2. The molecule has 0 aliphatic carbocycles. The molecule has 0 bridgehead atoms. The van der Waals surface area contributed by atoms with Gasteiger partial charge in [0.15, 0.2) is 11.1 Å². The van der Waals surface area contributed by atoms with Gasteiger partial charge in [-0.2, -0.15) is 4.68 Å². The molecule has 1 aromatic heterocycles. The molecule has 0 radical (unpaired) electrons. The highest BCUT2D eigenvalue weighted by Gasteiger charge is 2.28. The van der Waals surface area contributed by atoms with E-state index in [0.717, 1.165) is 4.68 Å². The van der Waals surface area contributed by atoms with Crippen LogP contribution in [0.15, 0.2) is 6.20 Å². The second-order valence-corrected chi connectivity index (χ2v) is 5.15. The van der Waals surface area contributed by atoms with Crippen molar-refractivity contribution in [2.24, 2.45) is 0 Å². The fourth-order valence-corrected chi connectivity index (χ4v) is 1.38. The number of aromatic nitrogens is 2. The van der Waals surface area contributed by atoms with Crippen molar-refractivity contribution in [1.29, 1.82) is 0 Å². The summed E-state index contributed by atoms with van der Waals surface area (Å²) < 4.78 is 6.27. The topological polar surface area (TPSA) is 87.3 Å². The van der Waals surface area contributed by atoms with Crippen LogP contribution in [0.3, 0.4) is 0 Å². The van der Waals surface area contributed by atoms with Gasteiger partial charge in [-0.1, -0.05) is 11.6 Å². The van der Waals surface area contributed by atoms with Crippen molar-refractivity contribution >= 4 is 23.4 Å². The molecular formula is C10H14ClN3O4. The van der Waals surface area contributed by atoms with Crippen LogP contribution in [-0.4, -0.2) is 26.3 Å². The Morgan fingerprint density at radius 1 is 1.61 bits per heavy atom. The van der Waals surface area contributed by atoms with E-state index in [0.29, 0.717) is 0 Å². The number of nitrogens with zero attached hydrogens (tertiary/aromatic N) is 3. The summed E-state index contributed by atoms with van der Waals surface area (Å²) >= 11 is 5.64. The van der Waals surface area contributed by atoms with E-state index in [1.807, 2.05) is 0 Å². The Hall–Kier alpha value is -1.63. The van der Waals surface area contributed by atoms with Gasteiger partial charge in [0.25, 0.3) is 0 Å². The molecular weight excluding hydrogens is 262 g/mol. The SMILES string of the molecule is CC(C(=O)OC(C)(C)C)n1cc(Cl)c([N+](=O)[O-])n1. The number of carbonyl (C=O) groups is 1. The Morgan fingerprint density at radius 2 is 2.17 bits per heavy atom. The minimum Gasteiger partial charge on any atom is -0.458 e. The van der Waals surface area contributed by atoms with Gasteiger partial charge in [-0.3, -0.25) is 0 Å². The smallest absolute Gasteiger partial charge is 0.408 e. The van der Waals surface area contributed by atoms with E-state index in [9.17, 15) is 14.9 Å². The van der Waals surface area contributed by atoms with Crippen LogP contribution < -0.4 is 0 Å². The minimum atomic E-state index is -0.782. The molecule has 0 saturated heterocycles. The van der Waals surface area contributed by atoms with Crippen LogP contribution >= 0.6 is 11.6 Å². The molecule has 1 heterocycles. The second-order valence-electron chi connectivity index (χ2n) is 4.75. The number of esters is 1. The zero-order valence-corrected chi connectivity index (χ0v) is 11.3. The molecule has 0 fully saturated rings. The molecule has 100 valence electrons. The van der Waals surface area contributed by atoms with Gasteiger partial charge in [0.1, 0.15) is 5.60 Å². The number of hydrogen-bond donors (Lipinski definition) is 0. The van der Waals surface area contributed by atoms with Crippen LogP contribution in [0.25, 0.3) is 0 Å². The van der Waals surface area contributed by atoms with Crippen molar-refractivity contribution < 1.29 is 14.5 Å². The zero-order valence-electron chi connectivity index (χ0n) is 10.5. The summed E-state index contributed by atoms with van der Waals surface area (Å²) in [5.41, 5.74) is -0.631. The van der Waals surface area contributed by atoms with Gasteiger partial charge in [-0.15, -0.1) is 0 Å². The molecule has 1 atom stereocenters. The first-order valence-corrected chi connectivity index (χ1v) is 5.61. The second kappa shape index (κ2) is 4.93. The molecule has 1 rings (SSSR count). The lowest BCUT2D eigenvalue weighted by Gasteiger charge is -2.21. The number of hydrogen-bond acceptors (Lipinski definition) is 5. The van der Waals surface area contributed by atoms with Gasteiger partial charge < -0.3 is 14.9 Å². The van der Waals surface area contributed by atoms with E-state index < -0.39 is 28.4 Å². The molecule has 1 aromatic rings. The quantitative estimate of drug-likeness (QED) is 0.480. The summed E-state index contributed by atoms with van der Waals surface area (Å²) in [4.78, 5) is 21.6. The third-order valence-electron chi connectivity index (χ3n) is 1.99. The summed E-state index contributed by atoms with van der Waals surface area (Å²) in [5, 5.41) is 14.1. The number of halogens is 1. The Morgan fingerprint density at radius 3 is 2.56 bits per heavy atom. The average Bonchev–Trinajstić information content (AvgIpc) is 2.56. The van der Waals surface area contributed by atoms with Crippen molar-refractivity contribution in [3.05, 3.63) is 21.3 Å². The molecule has 0 aliphatic heterocycles. The van der Waals surface area contributed by atoms with Crippen LogP contribution in [0.1, 0.15) is 33.7 Å². The largest absolute Gasteiger partial charge is 0.458 e. The van der Waals surface area contributed by atoms with Gasteiger partial charge in [0, 0.05) is 0 Å². The molecule has 0 saturated carbocycles. The zero-order chi connectivity index (χ0) is 14.1. The molecule has 7 nitrogen and oxygen atoms in total. The molecule has 0 aliphatic rings. The molecule has 0 N–H and O–H groups in total. The first-order valence-electron chi connectivity index (χ1n) is 5.23. The standard InChI is InChI=1S/C10H14ClN3O4/c1-6(9(15)18-10(2,3)4)13-5-7(11)8(12-13)14(16)17/h5-6H,1-4H3. The summed E-state index contributed by atoms with van der Waals surface area (Å²) in [5.74, 6) is -1.01. The molecule has 0 amide bonds. The van der Waals surface area contributed by atoms with Gasteiger partial charge in [0.05, 0.1) is 11.3 Å². The van der Waals surface area contributed by atoms with Crippen molar-refractivity contribution in [2.45, 2.75) is 39.3 Å². The molecule has 8 heteroatoms. The Bertz CT molecular complexity index is 478. The monoisotopic (exact) mass is 275 g/mol. The number of carbonyl (C=O) groups excluding carboxylic acids is 1. The highest BCUT2D eigenvalue weighted by atomic mass is 35.5. The van der Waals surface area contributed by atoms with E-state index in [4.69, 9.17) is 16.3 Å². The van der Waals surface area contributed by atoms with Crippen molar-refractivity contribution in [2.75, 3.05) is 0 Å². The summed E-state index contributed by atoms with van der Waals surface area (Å²) in [6.45, 7) is 6.73. The first-order chi connectivity index (χ1) is 8.11. The van der Waals surface area contributed by atoms with Gasteiger partial charge in [-0.25, -0.2) is 4.79 Å². The molecule has 0 spiro atoms. The van der Waals surface area contributed by atoms with Gasteiger partial charge >= 0.3 is 11.8 Å². The third kappa shape index (κ3) is 3.43. The van der Waals surface area contributed by atoms with Crippen LogP contribution in [-0.2, 0) is 9.53 Å². The van der Waals surface area contributed by atoms with E-state index in [-0.39, 0.29) is 5.02 Å². The molecule has 0 aromatic carbocycles. The Labute approximate surface area is 109 Å². The maximum absolute atomic E-state index is 11.8. The maximum Gasteiger partial charge on any atom is 0.408 e. The lowest BCUT2D eigenvalue weighted by Crippen LogP contribution is -2.29. The van der Waals surface area contributed by atoms with Crippen LogP contribution in [0.5, 0.6) is 0 Å². The van der Waals surface area contributed by atoms with E-state index in [1.54, 1.807) is 20.8 Å². The fraction of sp³-hybridized carbons (Fsp3) is 0.600. The first kappa shape index (κ1) is 14.4. The predicted molar refractivity (Wildman–Crippen MR) is 64.4 cm³/mol. The van der Waals surface area contributed by atoms with Gasteiger partial charge in [-0.05, 0) is 32.6 Å².